The lowest BCUT2D eigenvalue weighted by Gasteiger charge is -2.07. The second kappa shape index (κ2) is 5.95. The Morgan fingerprint density at radius 1 is 1.14 bits per heavy atom. The molecule has 0 aliphatic rings. The number of benzene rings is 1. The fourth-order valence-electron chi connectivity index (χ4n) is 1.66. The van der Waals surface area contributed by atoms with Crippen LogP contribution >= 0.6 is 0 Å². The highest BCUT2D eigenvalue weighted by Crippen LogP contribution is 2.28. The average molecular weight is 289 g/mol. The first kappa shape index (κ1) is 14.4. The smallest absolute Gasteiger partial charge is 0.299 e. The molecule has 0 amide bonds. The minimum Gasteiger partial charge on any atom is -0.493 e. The van der Waals surface area contributed by atoms with Gasteiger partial charge in [0.05, 0.1) is 14.2 Å². The van der Waals surface area contributed by atoms with Crippen molar-refractivity contribution in [2.45, 2.75) is 0 Å². The Kier molecular flexibility index (Phi) is 4.07. The Hall–Kier alpha value is -3.03. The molecule has 8 heteroatoms. The number of nitrogen functional groups attached to an aromatic ring is 2. The number of methoxy groups -OCH3 is 2. The zero-order valence-electron chi connectivity index (χ0n) is 11.6. The molecule has 1 heterocycles. The van der Waals surface area contributed by atoms with Crippen LogP contribution in [0.15, 0.2) is 23.0 Å². The summed E-state index contributed by atoms with van der Waals surface area (Å²) in [6.45, 7) is 0. The van der Waals surface area contributed by atoms with Gasteiger partial charge in [0.15, 0.2) is 17.2 Å². The first-order valence-corrected chi connectivity index (χ1v) is 5.97. The number of ether oxygens (including phenoxy) is 2. The highest BCUT2D eigenvalue weighted by molar-refractivity contribution is 5.69. The molecule has 0 saturated carbocycles. The maximum Gasteiger partial charge on any atom is 0.299 e. The molecule has 0 bridgehead atoms. The Labute approximate surface area is 120 Å². The molecule has 0 aliphatic heterocycles. The summed E-state index contributed by atoms with van der Waals surface area (Å²) in [4.78, 5) is 11.8. The van der Waals surface area contributed by atoms with Crippen molar-refractivity contribution in [2.75, 3.05) is 25.8 Å². The number of anilines is 1. The van der Waals surface area contributed by atoms with E-state index < -0.39 is 5.56 Å². The molecule has 4 N–H and O–H groups in total. The van der Waals surface area contributed by atoms with Crippen molar-refractivity contribution in [3.8, 4) is 11.5 Å². The van der Waals surface area contributed by atoms with Crippen LogP contribution in [0.5, 0.6) is 11.5 Å². The molecule has 0 atom stereocenters. The molecule has 2 aromatic rings. The standard InChI is InChI=1S/C13H15N5O3/c1-20-10-6-4-8(7-11(10)21-2)3-5-9-12(19)18(15)13(14)17-16-9/h3-7H,15H2,1-2H3,(H2,14,17). The Bertz CT molecular complexity index is 739. The summed E-state index contributed by atoms with van der Waals surface area (Å²) in [5, 5.41) is 7.28. The van der Waals surface area contributed by atoms with Crippen molar-refractivity contribution >= 4 is 18.1 Å². The third kappa shape index (κ3) is 2.94. The Balaban J connectivity index is 2.34. The zero-order chi connectivity index (χ0) is 15.4. The molecular formula is C13H15N5O3. The van der Waals surface area contributed by atoms with Gasteiger partial charge in [0.2, 0.25) is 5.95 Å². The van der Waals surface area contributed by atoms with Crippen molar-refractivity contribution in [2.24, 2.45) is 0 Å². The van der Waals surface area contributed by atoms with E-state index in [9.17, 15) is 4.79 Å². The number of nitrogens with zero attached hydrogens (tertiary/aromatic N) is 3. The van der Waals surface area contributed by atoms with Gasteiger partial charge >= 0.3 is 0 Å². The van der Waals surface area contributed by atoms with Gasteiger partial charge in [-0.25, -0.2) is 0 Å². The van der Waals surface area contributed by atoms with E-state index in [1.165, 1.54) is 6.08 Å². The Morgan fingerprint density at radius 3 is 2.52 bits per heavy atom. The molecule has 0 spiro atoms. The molecule has 21 heavy (non-hydrogen) atoms. The third-order valence-electron chi connectivity index (χ3n) is 2.79. The number of rotatable bonds is 4. The fourth-order valence-corrected chi connectivity index (χ4v) is 1.66. The Morgan fingerprint density at radius 2 is 1.86 bits per heavy atom. The van der Waals surface area contributed by atoms with E-state index in [2.05, 4.69) is 10.2 Å². The first-order valence-electron chi connectivity index (χ1n) is 5.97. The van der Waals surface area contributed by atoms with E-state index in [1.807, 2.05) is 6.07 Å². The van der Waals surface area contributed by atoms with Crippen LogP contribution in [-0.2, 0) is 0 Å². The summed E-state index contributed by atoms with van der Waals surface area (Å²) in [5.74, 6) is 6.49. The van der Waals surface area contributed by atoms with E-state index in [1.54, 1.807) is 32.4 Å². The second-order valence-electron chi connectivity index (χ2n) is 4.07. The molecular weight excluding hydrogens is 274 g/mol. The predicted molar refractivity (Wildman–Crippen MR) is 79.3 cm³/mol. The predicted octanol–water partition coefficient (Wildman–Crippen LogP) is 0.122. The van der Waals surface area contributed by atoms with Crippen LogP contribution in [-0.4, -0.2) is 29.1 Å². The summed E-state index contributed by atoms with van der Waals surface area (Å²) in [6.07, 6.45) is 3.18. The third-order valence-corrected chi connectivity index (χ3v) is 2.79. The number of hydrogen-bond donors (Lipinski definition) is 2. The molecule has 0 radical (unpaired) electrons. The summed E-state index contributed by atoms with van der Waals surface area (Å²) < 4.78 is 11.1. The van der Waals surface area contributed by atoms with E-state index in [4.69, 9.17) is 21.1 Å². The molecule has 0 saturated heterocycles. The molecule has 1 aromatic heterocycles. The summed E-state index contributed by atoms with van der Waals surface area (Å²) in [5.41, 5.74) is 5.73. The van der Waals surface area contributed by atoms with Gasteiger partial charge in [-0.2, -0.15) is 4.68 Å². The van der Waals surface area contributed by atoms with Gasteiger partial charge in [-0.05, 0) is 23.8 Å². The largest absolute Gasteiger partial charge is 0.493 e. The van der Waals surface area contributed by atoms with Crippen molar-refractivity contribution in [1.29, 1.82) is 0 Å². The number of nitrogens with two attached hydrogens (primary N) is 2. The van der Waals surface area contributed by atoms with E-state index in [-0.39, 0.29) is 11.6 Å². The highest BCUT2D eigenvalue weighted by Gasteiger charge is 2.06. The summed E-state index contributed by atoms with van der Waals surface area (Å²) in [7, 11) is 3.10. The summed E-state index contributed by atoms with van der Waals surface area (Å²) >= 11 is 0. The fraction of sp³-hybridized carbons (Fsp3) is 0.154. The van der Waals surface area contributed by atoms with Gasteiger partial charge in [-0.15, -0.1) is 10.2 Å². The molecule has 0 fully saturated rings. The van der Waals surface area contributed by atoms with Gasteiger partial charge < -0.3 is 21.1 Å². The van der Waals surface area contributed by atoms with Crippen LogP contribution in [0, 0.1) is 0 Å². The van der Waals surface area contributed by atoms with Crippen LogP contribution < -0.4 is 26.6 Å². The quantitative estimate of drug-likeness (QED) is 0.767. The maximum atomic E-state index is 11.8. The van der Waals surface area contributed by atoms with Gasteiger partial charge in [-0.1, -0.05) is 12.1 Å². The van der Waals surface area contributed by atoms with Crippen molar-refractivity contribution < 1.29 is 9.47 Å². The van der Waals surface area contributed by atoms with E-state index in [0.717, 1.165) is 10.2 Å². The van der Waals surface area contributed by atoms with Crippen LogP contribution in [0.1, 0.15) is 11.3 Å². The van der Waals surface area contributed by atoms with Gasteiger partial charge in [-0.3, -0.25) is 4.79 Å². The minimum absolute atomic E-state index is 0.0847. The van der Waals surface area contributed by atoms with E-state index >= 15 is 0 Å². The maximum absolute atomic E-state index is 11.8. The highest BCUT2D eigenvalue weighted by atomic mass is 16.5. The second-order valence-corrected chi connectivity index (χ2v) is 4.07. The zero-order valence-corrected chi connectivity index (χ0v) is 11.6. The normalized spacial score (nSPS) is 10.8. The molecule has 0 aliphatic carbocycles. The SMILES string of the molecule is COc1ccc(C=Cc2nnc(N)n(N)c2=O)cc1OC. The topological polar surface area (TPSA) is 118 Å². The lowest BCUT2D eigenvalue weighted by molar-refractivity contribution is 0.355. The number of hydrogen-bond acceptors (Lipinski definition) is 7. The monoisotopic (exact) mass is 289 g/mol. The van der Waals surface area contributed by atoms with Crippen molar-refractivity contribution in [1.82, 2.24) is 14.9 Å². The molecule has 2 rings (SSSR count). The van der Waals surface area contributed by atoms with Crippen molar-refractivity contribution in [3.63, 3.8) is 0 Å². The summed E-state index contributed by atoms with van der Waals surface area (Å²) in [6, 6.07) is 5.33. The molecule has 8 nitrogen and oxygen atoms in total. The van der Waals surface area contributed by atoms with Crippen LogP contribution in [0.4, 0.5) is 5.95 Å². The van der Waals surface area contributed by atoms with Crippen LogP contribution in [0.25, 0.3) is 12.2 Å². The average Bonchev–Trinajstić information content (AvgIpc) is 2.51. The van der Waals surface area contributed by atoms with Gasteiger partial charge in [0, 0.05) is 0 Å². The molecule has 110 valence electrons. The molecule has 1 aromatic carbocycles. The van der Waals surface area contributed by atoms with Crippen molar-refractivity contribution in [3.05, 3.63) is 39.8 Å². The van der Waals surface area contributed by atoms with Gasteiger partial charge in [0.25, 0.3) is 5.56 Å². The number of aromatic nitrogens is 3. The lowest BCUT2D eigenvalue weighted by atomic mass is 10.2. The first-order chi connectivity index (χ1) is 10.1. The van der Waals surface area contributed by atoms with Crippen LogP contribution in [0.3, 0.4) is 0 Å². The van der Waals surface area contributed by atoms with Gasteiger partial charge in [0.1, 0.15) is 0 Å². The minimum atomic E-state index is -0.528. The molecule has 0 unspecified atom stereocenters. The lowest BCUT2D eigenvalue weighted by Crippen LogP contribution is -2.33. The van der Waals surface area contributed by atoms with E-state index in [0.29, 0.717) is 11.5 Å². The van der Waals surface area contributed by atoms with Crippen LogP contribution in [0.2, 0.25) is 0 Å².